The molecular formula is C20H24F3N3O. The molecule has 2 heterocycles. The van der Waals surface area contributed by atoms with Crippen molar-refractivity contribution in [1.82, 2.24) is 14.5 Å². The molecule has 1 aliphatic heterocycles. The summed E-state index contributed by atoms with van der Waals surface area (Å²) in [4.78, 5) is 18.5. The number of likely N-dealkylation sites (tertiary alicyclic amines) is 1. The zero-order chi connectivity index (χ0) is 19.2. The SMILES string of the molecule is CCC(=O)N1CCC(n2c(C3CCC3)nc3cc(C(F)(F)F)ccc32)CC1. The molecule has 1 amide bonds. The molecule has 4 rings (SSSR count). The number of carbonyl (C=O) groups is 1. The van der Waals surface area contributed by atoms with Gasteiger partial charge in [0.15, 0.2) is 0 Å². The first-order chi connectivity index (χ1) is 12.9. The van der Waals surface area contributed by atoms with E-state index in [1.807, 2.05) is 11.8 Å². The summed E-state index contributed by atoms with van der Waals surface area (Å²) in [5, 5.41) is 0. The molecule has 27 heavy (non-hydrogen) atoms. The van der Waals surface area contributed by atoms with Crippen molar-refractivity contribution in [2.45, 2.75) is 63.6 Å². The van der Waals surface area contributed by atoms with Crippen LogP contribution < -0.4 is 0 Å². The lowest BCUT2D eigenvalue weighted by molar-refractivity contribution is -0.137. The molecule has 1 aliphatic carbocycles. The fraction of sp³-hybridized carbons (Fsp3) is 0.600. The number of hydrogen-bond donors (Lipinski definition) is 0. The van der Waals surface area contributed by atoms with Gasteiger partial charge >= 0.3 is 6.18 Å². The topological polar surface area (TPSA) is 38.1 Å². The first-order valence-corrected chi connectivity index (χ1v) is 9.75. The van der Waals surface area contributed by atoms with Gasteiger partial charge in [0.25, 0.3) is 0 Å². The normalized spacial score (nSPS) is 19.5. The number of hydrogen-bond acceptors (Lipinski definition) is 2. The minimum atomic E-state index is -4.36. The lowest BCUT2D eigenvalue weighted by Gasteiger charge is -2.35. The maximum atomic E-state index is 13.1. The predicted octanol–water partition coefficient (Wildman–Crippen LogP) is 4.90. The Morgan fingerprint density at radius 2 is 1.89 bits per heavy atom. The maximum absolute atomic E-state index is 13.1. The van der Waals surface area contributed by atoms with Gasteiger partial charge in [-0.25, -0.2) is 4.98 Å². The largest absolute Gasteiger partial charge is 0.416 e. The van der Waals surface area contributed by atoms with Gasteiger partial charge in [0.1, 0.15) is 5.82 Å². The van der Waals surface area contributed by atoms with Crippen molar-refractivity contribution in [2.75, 3.05) is 13.1 Å². The lowest BCUT2D eigenvalue weighted by atomic mass is 9.84. The van der Waals surface area contributed by atoms with Crippen molar-refractivity contribution in [3.63, 3.8) is 0 Å². The zero-order valence-corrected chi connectivity index (χ0v) is 15.4. The maximum Gasteiger partial charge on any atom is 0.416 e. The quantitative estimate of drug-likeness (QED) is 0.761. The van der Waals surface area contributed by atoms with Gasteiger partial charge in [0.05, 0.1) is 16.6 Å². The molecule has 0 radical (unpaired) electrons. The highest BCUT2D eigenvalue weighted by Crippen LogP contribution is 2.41. The fourth-order valence-electron chi connectivity index (χ4n) is 4.23. The molecule has 4 nitrogen and oxygen atoms in total. The second-order valence-electron chi connectivity index (χ2n) is 7.63. The van der Waals surface area contributed by atoms with Gasteiger partial charge in [-0.3, -0.25) is 4.79 Å². The summed E-state index contributed by atoms with van der Waals surface area (Å²) in [6.07, 6.45) is 1.01. The summed E-state index contributed by atoms with van der Waals surface area (Å²) in [7, 11) is 0. The molecule has 1 saturated carbocycles. The molecule has 0 unspecified atom stereocenters. The van der Waals surface area contributed by atoms with Crippen LogP contribution in [0.4, 0.5) is 13.2 Å². The molecule has 2 aromatic rings. The van der Waals surface area contributed by atoms with Crippen LogP contribution >= 0.6 is 0 Å². The Morgan fingerprint density at radius 1 is 1.19 bits per heavy atom. The van der Waals surface area contributed by atoms with E-state index in [-0.39, 0.29) is 11.9 Å². The highest BCUT2D eigenvalue weighted by atomic mass is 19.4. The van der Waals surface area contributed by atoms with E-state index in [4.69, 9.17) is 0 Å². The van der Waals surface area contributed by atoms with E-state index in [2.05, 4.69) is 9.55 Å². The van der Waals surface area contributed by atoms with Crippen LogP contribution in [-0.2, 0) is 11.0 Å². The van der Waals surface area contributed by atoms with Crippen LogP contribution in [0.5, 0.6) is 0 Å². The third-order valence-electron chi connectivity index (χ3n) is 6.00. The molecule has 0 N–H and O–H groups in total. The summed E-state index contributed by atoms with van der Waals surface area (Å²) < 4.78 is 41.5. The van der Waals surface area contributed by atoms with E-state index in [0.717, 1.165) is 49.5 Å². The highest BCUT2D eigenvalue weighted by Gasteiger charge is 2.34. The molecule has 0 atom stereocenters. The second kappa shape index (κ2) is 6.84. The molecule has 0 spiro atoms. The number of carbonyl (C=O) groups excluding carboxylic acids is 1. The predicted molar refractivity (Wildman–Crippen MR) is 96.5 cm³/mol. The number of piperidine rings is 1. The molecule has 2 fully saturated rings. The molecular weight excluding hydrogens is 355 g/mol. The van der Waals surface area contributed by atoms with E-state index in [0.29, 0.717) is 30.9 Å². The molecule has 0 bridgehead atoms. The van der Waals surface area contributed by atoms with Crippen LogP contribution in [-0.4, -0.2) is 33.4 Å². The van der Waals surface area contributed by atoms with Crippen molar-refractivity contribution in [3.8, 4) is 0 Å². The van der Waals surface area contributed by atoms with Crippen molar-refractivity contribution < 1.29 is 18.0 Å². The van der Waals surface area contributed by atoms with E-state index in [1.165, 1.54) is 6.07 Å². The summed E-state index contributed by atoms with van der Waals surface area (Å²) in [5.41, 5.74) is 0.562. The van der Waals surface area contributed by atoms with E-state index in [9.17, 15) is 18.0 Å². The Bertz CT molecular complexity index is 846. The van der Waals surface area contributed by atoms with Crippen molar-refractivity contribution in [3.05, 3.63) is 29.6 Å². The molecule has 2 aliphatic rings. The number of rotatable bonds is 3. The zero-order valence-electron chi connectivity index (χ0n) is 15.4. The second-order valence-corrected chi connectivity index (χ2v) is 7.63. The number of aromatic nitrogens is 2. The Morgan fingerprint density at radius 3 is 2.44 bits per heavy atom. The van der Waals surface area contributed by atoms with Crippen molar-refractivity contribution in [1.29, 1.82) is 0 Å². The van der Waals surface area contributed by atoms with Crippen LogP contribution in [0.25, 0.3) is 11.0 Å². The Balaban J connectivity index is 1.69. The van der Waals surface area contributed by atoms with Gasteiger partial charge in [-0.05, 0) is 43.9 Å². The monoisotopic (exact) mass is 379 g/mol. The Kier molecular flexibility index (Phi) is 4.64. The first-order valence-electron chi connectivity index (χ1n) is 9.75. The van der Waals surface area contributed by atoms with Gasteiger partial charge < -0.3 is 9.47 Å². The van der Waals surface area contributed by atoms with Gasteiger partial charge in [0, 0.05) is 31.5 Å². The van der Waals surface area contributed by atoms with Gasteiger partial charge in [0.2, 0.25) is 5.91 Å². The van der Waals surface area contributed by atoms with Crippen LogP contribution in [0.2, 0.25) is 0 Å². The summed E-state index contributed by atoms with van der Waals surface area (Å²) in [5.74, 6) is 1.43. The molecule has 146 valence electrons. The van der Waals surface area contributed by atoms with Crippen LogP contribution in [0.3, 0.4) is 0 Å². The number of benzene rings is 1. The average Bonchev–Trinajstić information content (AvgIpc) is 2.96. The number of fused-ring (bicyclic) bond motifs is 1. The van der Waals surface area contributed by atoms with E-state index in [1.54, 1.807) is 6.07 Å². The van der Waals surface area contributed by atoms with Crippen molar-refractivity contribution in [2.24, 2.45) is 0 Å². The fourth-order valence-corrected chi connectivity index (χ4v) is 4.23. The minimum Gasteiger partial charge on any atom is -0.343 e. The molecule has 7 heteroatoms. The Hall–Kier alpha value is -2.05. The van der Waals surface area contributed by atoms with E-state index >= 15 is 0 Å². The highest BCUT2D eigenvalue weighted by molar-refractivity contribution is 5.78. The lowest BCUT2D eigenvalue weighted by Crippen LogP contribution is -2.39. The van der Waals surface area contributed by atoms with Gasteiger partial charge in [-0.15, -0.1) is 0 Å². The average molecular weight is 379 g/mol. The molecule has 1 saturated heterocycles. The van der Waals surface area contributed by atoms with Crippen LogP contribution in [0.1, 0.15) is 68.8 Å². The Labute approximate surface area is 156 Å². The summed E-state index contributed by atoms with van der Waals surface area (Å²) >= 11 is 0. The minimum absolute atomic E-state index is 0.165. The first kappa shape index (κ1) is 18.3. The number of amides is 1. The molecule has 1 aromatic carbocycles. The smallest absolute Gasteiger partial charge is 0.343 e. The summed E-state index contributed by atoms with van der Waals surface area (Å²) in [6.45, 7) is 3.26. The number of imidazole rings is 1. The third-order valence-corrected chi connectivity index (χ3v) is 6.00. The third kappa shape index (κ3) is 3.32. The van der Waals surface area contributed by atoms with Gasteiger partial charge in [-0.2, -0.15) is 13.2 Å². The van der Waals surface area contributed by atoms with Crippen LogP contribution in [0, 0.1) is 0 Å². The van der Waals surface area contributed by atoms with Crippen LogP contribution in [0.15, 0.2) is 18.2 Å². The van der Waals surface area contributed by atoms with E-state index < -0.39 is 11.7 Å². The van der Waals surface area contributed by atoms with Gasteiger partial charge in [-0.1, -0.05) is 13.3 Å². The number of halogens is 3. The van der Waals surface area contributed by atoms with Crippen molar-refractivity contribution >= 4 is 16.9 Å². The standard InChI is InChI=1S/C20H24F3N3O/c1-2-18(27)25-10-8-15(9-11-25)26-17-7-6-14(20(21,22)23)12-16(17)24-19(26)13-4-3-5-13/h6-7,12-13,15H,2-5,8-11H2,1H3. The number of nitrogens with zero attached hydrogens (tertiary/aromatic N) is 3. The summed E-state index contributed by atoms with van der Waals surface area (Å²) in [6, 6.07) is 4.07. The molecule has 1 aromatic heterocycles. The number of alkyl halides is 3.